The highest BCUT2D eigenvalue weighted by Crippen LogP contribution is 2.34. The number of benzene rings is 1. The summed E-state index contributed by atoms with van der Waals surface area (Å²) >= 11 is 0. The van der Waals surface area contributed by atoms with Gasteiger partial charge in [-0.15, -0.1) is 0 Å². The molecule has 1 aromatic carbocycles. The smallest absolute Gasteiger partial charge is 0.410 e. The van der Waals surface area contributed by atoms with Crippen LogP contribution in [0.1, 0.15) is 37.5 Å². The predicted molar refractivity (Wildman–Crippen MR) is 77.6 cm³/mol. The molecular weight excluding hydrogens is 254 g/mol. The van der Waals surface area contributed by atoms with E-state index in [1.165, 1.54) is 4.90 Å². The fourth-order valence-corrected chi connectivity index (χ4v) is 2.55. The lowest BCUT2D eigenvalue weighted by Gasteiger charge is -2.47. The highest BCUT2D eigenvalue weighted by atomic mass is 16.6. The maximum atomic E-state index is 11.9. The zero-order valence-electron chi connectivity index (χ0n) is 12.9. The van der Waals surface area contributed by atoms with Gasteiger partial charge in [-0.1, -0.05) is 23.8 Å². The van der Waals surface area contributed by atoms with Crippen LogP contribution in [-0.2, 0) is 10.3 Å². The minimum Gasteiger partial charge on any atom is -0.444 e. The average Bonchev–Trinajstić information content (AvgIpc) is 2.22. The average molecular weight is 277 g/mol. The van der Waals surface area contributed by atoms with Gasteiger partial charge < -0.3 is 14.7 Å². The fourth-order valence-electron chi connectivity index (χ4n) is 2.55. The molecule has 0 radical (unpaired) electrons. The Bertz CT molecular complexity index is 525. The Kier molecular flexibility index (Phi) is 3.54. The number of aliphatic hydroxyl groups is 1. The van der Waals surface area contributed by atoms with Crippen LogP contribution >= 0.6 is 0 Å². The number of carbonyl (C=O) groups is 1. The van der Waals surface area contributed by atoms with E-state index < -0.39 is 11.2 Å². The summed E-state index contributed by atoms with van der Waals surface area (Å²) < 4.78 is 5.30. The molecule has 0 aromatic heterocycles. The van der Waals surface area contributed by atoms with Crippen LogP contribution in [0.15, 0.2) is 18.2 Å². The number of amides is 1. The van der Waals surface area contributed by atoms with Crippen molar-refractivity contribution in [3.63, 3.8) is 0 Å². The number of rotatable bonds is 1. The molecule has 1 fully saturated rings. The molecule has 1 amide bonds. The summed E-state index contributed by atoms with van der Waals surface area (Å²) in [5.41, 5.74) is 1.65. The second-order valence-corrected chi connectivity index (χ2v) is 6.69. The Morgan fingerprint density at radius 1 is 1.30 bits per heavy atom. The third kappa shape index (κ3) is 2.96. The predicted octanol–water partition coefficient (Wildman–Crippen LogP) is 2.74. The Labute approximate surface area is 120 Å². The molecule has 1 heterocycles. The van der Waals surface area contributed by atoms with Crippen molar-refractivity contribution in [1.82, 2.24) is 4.90 Å². The number of hydrogen-bond acceptors (Lipinski definition) is 3. The molecule has 1 saturated heterocycles. The van der Waals surface area contributed by atoms with Crippen LogP contribution in [0.4, 0.5) is 4.79 Å². The van der Waals surface area contributed by atoms with Crippen LogP contribution in [0.25, 0.3) is 0 Å². The van der Waals surface area contributed by atoms with Crippen molar-refractivity contribution in [2.24, 2.45) is 0 Å². The number of carbonyl (C=O) groups excluding carboxylic acids is 1. The maximum absolute atomic E-state index is 11.9. The molecule has 0 atom stereocenters. The molecule has 1 N–H and O–H groups in total. The molecule has 0 bridgehead atoms. The van der Waals surface area contributed by atoms with E-state index in [-0.39, 0.29) is 19.2 Å². The molecular formula is C16H23NO3. The second kappa shape index (κ2) is 4.77. The molecule has 0 unspecified atom stereocenters. The van der Waals surface area contributed by atoms with Gasteiger partial charge in [0.05, 0.1) is 13.1 Å². The van der Waals surface area contributed by atoms with Gasteiger partial charge in [-0.05, 0) is 45.7 Å². The third-order valence-electron chi connectivity index (χ3n) is 3.44. The lowest BCUT2D eigenvalue weighted by Crippen LogP contribution is -2.62. The van der Waals surface area contributed by atoms with Gasteiger partial charge in [0.1, 0.15) is 11.2 Å². The van der Waals surface area contributed by atoms with Gasteiger partial charge in [0.15, 0.2) is 0 Å². The molecule has 4 heteroatoms. The Morgan fingerprint density at radius 3 is 2.40 bits per heavy atom. The van der Waals surface area contributed by atoms with E-state index >= 15 is 0 Å². The van der Waals surface area contributed by atoms with Gasteiger partial charge in [-0.2, -0.15) is 0 Å². The minimum atomic E-state index is -0.950. The monoisotopic (exact) mass is 277 g/mol. The van der Waals surface area contributed by atoms with E-state index in [1.54, 1.807) is 0 Å². The van der Waals surface area contributed by atoms with Crippen molar-refractivity contribution in [3.05, 3.63) is 34.9 Å². The fraction of sp³-hybridized carbons (Fsp3) is 0.562. The van der Waals surface area contributed by atoms with Crippen LogP contribution in [0.3, 0.4) is 0 Å². The van der Waals surface area contributed by atoms with E-state index in [0.29, 0.717) is 0 Å². The lowest BCUT2D eigenvalue weighted by molar-refractivity contribution is -0.104. The molecule has 4 nitrogen and oxygen atoms in total. The van der Waals surface area contributed by atoms with Crippen LogP contribution in [-0.4, -0.2) is 34.8 Å². The Hall–Kier alpha value is -1.55. The van der Waals surface area contributed by atoms with Gasteiger partial charge in [0.25, 0.3) is 0 Å². The van der Waals surface area contributed by atoms with Gasteiger partial charge in [-0.3, -0.25) is 0 Å². The largest absolute Gasteiger partial charge is 0.444 e. The molecule has 1 aliphatic rings. The molecule has 110 valence electrons. The van der Waals surface area contributed by atoms with Gasteiger partial charge in [0, 0.05) is 0 Å². The van der Waals surface area contributed by atoms with Crippen molar-refractivity contribution < 1.29 is 14.6 Å². The van der Waals surface area contributed by atoms with Gasteiger partial charge in [0.2, 0.25) is 0 Å². The van der Waals surface area contributed by atoms with Crippen LogP contribution in [0, 0.1) is 13.8 Å². The molecule has 20 heavy (non-hydrogen) atoms. The first-order valence-electron chi connectivity index (χ1n) is 6.89. The van der Waals surface area contributed by atoms with E-state index in [4.69, 9.17) is 4.74 Å². The summed E-state index contributed by atoms with van der Waals surface area (Å²) in [7, 11) is 0. The van der Waals surface area contributed by atoms with Crippen molar-refractivity contribution in [3.8, 4) is 0 Å². The number of β-amino-alcohol motifs (C(OH)–C–C–N with tert-alkyl or cyclic N) is 1. The van der Waals surface area contributed by atoms with Crippen molar-refractivity contribution in [2.75, 3.05) is 13.1 Å². The minimum absolute atomic E-state index is 0.284. The summed E-state index contributed by atoms with van der Waals surface area (Å²) in [6.07, 6.45) is -0.369. The van der Waals surface area contributed by atoms with Gasteiger partial charge >= 0.3 is 6.09 Å². The van der Waals surface area contributed by atoms with E-state index in [9.17, 15) is 9.90 Å². The number of nitrogens with zero attached hydrogens (tertiary/aromatic N) is 1. The van der Waals surface area contributed by atoms with E-state index in [1.807, 2.05) is 52.8 Å². The SMILES string of the molecule is Cc1ccc(C2(O)CN(C(=O)OC(C)(C)C)C2)c(C)c1. The van der Waals surface area contributed by atoms with Crippen LogP contribution in [0.2, 0.25) is 0 Å². The summed E-state index contributed by atoms with van der Waals surface area (Å²) in [6.45, 7) is 10.1. The first-order chi connectivity index (χ1) is 9.11. The first kappa shape index (κ1) is 14.9. The molecule has 1 aliphatic heterocycles. The topological polar surface area (TPSA) is 49.8 Å². The normalized spacial score (nSPS) is 17.6. The van der Waals surface area contributed by atoms with E-state index in [0.717, 1.165) is 16.7 Å². The summed E-state index contributed by atoms with van der Waals surface area (Å²) in [5.74, 6) is 0. The summed E-state index contributed by atoms with van der Waals surface area (Å²) in [4.78, 5) is 13.4. The highest BCUT2D eigenvalue weighted by Gasteiger charge is 2.47. The zero-order chi connectivity index (χ0) is 15.1. The third-order valence-corrected chi connectivity index (χ3v) is 3.44. The maximum Gasteiger partial charge on any atom is 0.410 e. The second-order valence-electron chi connectivity index (χ2n) is 6.69. The van der Waals surface area contributed by atoms with Crippen LogP contribution in [0.5, 0.6) is 0 Å². The number of hydrogen-bond donors (Lipinski definition) is 1. The molecule has 0 saturated carbocycles. The molecule has 2 rings (SSSR count). The summed E-state index contributed by atoms with van der Waals surface area (Å²) in [6, 6.07) is 5.97. The lowest BCUT2D eigenvalue weighted by atomic mass is 9.83. The number of aryl methyl sites for hydroxylation is 2. The van der Waals surface area contributed by atoms with E-state index in [2.05, 4.69) is 0 Å². The van der Waals surface area contributed by atoms with Gasteiger partial charge in [-0.25, -0.2) is 4.79 Å². The molecule has 0 spiro atoms. The zero-order valence-corrected chi connectivity index (χ0v) is 12.9. The quantitative estimate of drug-likeness (QED) is 0.858. The van der Waals surface area contributed by atoms with Crippen molar-refractivity contribution in [2.45, 2.75) is 45.8 Å². The first-order valence-corrected chi connectivity index (χ1v) is 6.89. The van der Waals surface area contributed by atoms with Crippen LogP contribution < -0.4 is 0 Å². The van der Waals surface area contributed by atoms with Crippen molar-refractivity contribution >= 4 is 6.09 Å². The molecule has 0 aliphatic carbocycles. The molecule has 1 aromatic rings. The Balaban J connectivity index is 2.05. The number of likely N-dealkylation sites (tertiary alicyclic amines) is 1. The highest BCUT2D eigenvalue weighted by molar-refractivity contribution is 5.70. The Morgan fingerprint density at radius 2 is 1.90 bits per heavy atom. The number of ether oxygens (including phenoxy) is 1. The summed E-state index contributed by atoms with van der Waals surface area (Å²) in [5, 5.41) is 10.6. The standard InChI is InChI=1S/C16H23NO3/c1-11-6-7-13(12(2)8-11)16(19)9-17(10-16)14(18)20-15(3,4)5/h6-8,19H,9-10H2,1-5H3. The van der Waals surface area contributed by atoms with Crippen molar-refractivity contribution in [1.29, 1.82) is 0 Å².